The number of hydrogen-bond acceptors (Lipinski definition) is 2. The summed E-state index contributed by atoms with van der Waals surface area (Å²) in [6, 6.07) is 102. The Morgan fingerprint density at radius 2 is 0.622 bits per heavy atom. The third kappa shape index (κ3) is 6.40. The smallest absolute Gasteiger partial charge is 0.161 e. The van der Waals surface area contributed by atoms with E-state index >= 15 is 0 Å². The van der Waals surface area contributed by atoms with Crippen molar-refractivity contribution < 1.29 is 0 Å². The summed E-state index contributed by atoms with van der Waals surface area (Å²) in [5.41, 5.74) is 17.7. The van der Waals surface area contributed by atoms with Crippen molar-refractivity contribution in [3.8, 4) is 45.4 Å². The third-order valence-electron chi connectivity index (χ3n) is 17.4. The van der Waals surface area contributed by atoms with E-state index in [-0.39, 0.29) is 0 Å². The highest BCUT2D eigenvalue weighted by Gasteiger charge is 2.22. The van der Waals surface area contributed by atoms with E-state index in [1.807, 2.05) is 0 Å². The second-order valence-electron chi connectivity index (χ2n) is 21.7. The van der Waals surface area contributed by atoms with Gasteiger partial charge in [0.2, 0.25) is 0 Å². The first kappa shape index (κ1) is 44.9. The minimum absolute atomic E-state index is 0.685. The van der Waals surface area contributed by atoms with Crippen molar-refractivity contribution in [3.05, 3.63) is 279 Å². The molecule has 0 unspecified atom stereocenters. The fraction of sp³-hybridized carbons (Fsp3) is 0. The molecule has 380 valence electrons. The van der Waals surface area contributed by atoms with Crippen LogP contribution in [-0.4, -0.2) is 28.2 Å². The van der Waals surface area contributed by atoms with Gasteiger partial charge in [0.1, 0.15) is 0 Å². The predicted octanol–water partition coefficient (Wildman–Crippen LogP) is 19.7. The van der Waals surface area contributed by atoms with Crippen molar-refractivity contribution in [2.45, 2.75) is 0 Å². The van der Waals surface area contributed by atoms with E-state index in [1.54, 1.807) is 0 Å². The highest BCUT2D eigenvalue weighted by Crippen LogP contribution is 2.43. The molecule has 0 saturated heterocycles. The van der Waals surface area contributed by atoms with Crippen LogP contribution in [0.25, 0.3) is 165 Å². The summed E-state index contributed by atoms with van der Waals surface area (Å²) in [6.45, 7) is 0. The molecule has 6 heteroatoms. The molecule has 0 amide bonds. The third-order valence-corrected chi connectivity index (χ3v) is 17.4. The van der Waals surface area contributed by atoms with E-state index in [4.69, 9.17) is 9.97 Å². The maximum absolute atomic E-state index is 5.61. The Balaban J connectivity index is 0.783. The normalized spacial score (nSPS) is 12.1. The van der Waals surface area contributed by atoms with E-state index in [0.29, 0.717) is 5.82 Å². The summed E-state index contributed by atoms with van der Waals surface area (Å²) in [4.78, 5) is 11.1. The molecule has 0 radical (unpaired) electrons. The summed E-state index contributed by atoms with van der Waals surface area (Å²) in [7, 11) is 0. The molecule has 0 atom stereocenters. The Kier molecular flexibility index (Phi) is 9.41. The maximum atomic E-state index is 5.61. The largest absolute Gasteiger partial charge is 0.309 e. The molecule has 0 aliphatic carbocycles. The number of nitrogens with zero attached hydrogens (tertiary/aromatic N) is 6. The maximum Gasteiger partial charge on any atom is 0.161 e. The Bertz CT molecular complexity index is 5610. The lowest BCUT2D eigenvalue weighted by Crippen LogP contribution is -2.00. The molecule has 0 aliphatic rings. The molecule has 6 nitrogen and oxygen atoms in total. The fourth-order valence-corrected chi connectivity index (χ4v) is 13.8. The monoisotopic (exact) mass is 1040 g/mol. The van der Waals surface area contributed by atoms with Crippen LogP contribution < -0.4 is 0 Å². The molecule has 0 aliphatic heterocycles. The molecule has 18 rings (SSSR count). The van der Waals surface area contributed by atoms with Crippen molar-refractivity contribution in [2.75, 3.05) is 0 Å². The quantitative estimate of drug-likeness (QED) is 0.156. The summed E-state index contributed by atoms with van der Waals surface area (Å²) in [5.74, 6) is 0.685. The zero-order valence-corrected chi connectivity index (χ0v) is 44.2. The molecule has 18 aromatic rings. The van der Waals surface area contributed by atoms with Crippen LogP contribution in [0.5, 0.6) is 0 Å². The number of para-hydroxylation sites is 6. The van der Waals surface area contributed by atoms with Gasteiger partial charge >= 0.3 is 0 Å². The van der Waals surface area contributed by atoms with Gasteiger partial charge in [-0.2, -0.15) is 0 Å². The lowest BCUT2D eigenvalue weighted by atomic mass is 9.99. The zero-order valence-electron chi connectivity index (χ0n) is 44.2. The second-order valence-corrected chi connectivity index (χ2v) is 21.7. The molecule has 5 aromatic heterocycles. The first-order valence-electron chi connectivity index (χ1n) is 28.1. The van der Waals surface area contributed by atoms with Gasteiger partial charge in [0.15, 0.2) is 5.82 Å². The number of benzene rings is 13. The minimum Gasteiger partial charge on any atom is -0.309 e. The lowest BCUT2D eigenvalue weighted by molar-refractivity contribution is 1.16. The van der Waals surface area contributed by atoms with Crippen molar-refractivity contribution in [1.82, 2.24) is 28.2 Å². The van der Waals surface area contributed by atoms with Gasteiger partial charge in [-0.05, 0) is 114 Å². The number of fused-ring (bicyclic) bond motifs is 16. The first-order valence-corrected chi connectivity index (χ1v) is 28.1. The van der Waals surface area contributed by atoms with Gasteiger partial charge in [0.25, 0.3) is 0 Å². The van der Waals surface area contributed by atoms with Crippen LogP contribution in [0.4, 0.5) is 0 Å². The molecule has 13 aromatic carbocycles. The number of rotatable bonds is 6. The van der Waals surface area contributed by atoms with Gasteiger partial charge in [-0.15, -0.1) is 0 Å². The van der Waals surface area contributed by atoms with E-state index in [9.17, 15) is 0 Å². The molecular formula is C76H46N6. The Hall–Kier alpha value is -11.1. The number of hydrogen-bond donors (Lipinski definition) is 0. The zero-order chi connectivity index (χ0) is 53.6. The van der Waals surface area contributed by atoms with Gasteiger partial charge in [-0.3, -0.25) is 0 Å². The fourth-order valence-electron chi connectivity index (χ4n) is 13.8. The molecule has 0 spiro atoms. The molecular weight excluding hydrogens is 997 g/mol. The highest BCUT2D eigenvalue weighted by molar-refractivity contribution is 6.16. The molecule has 0 bridgehead atoms. The van der Waals surface area contributed by atoms with E-state index < -0.39 is 0 Å². The van der Waals surface area contributed by atoms with Crippen LogP contribution in [0.3, 0.4) is 0 Å². The lowest BCUT2D eigenvalue weighted by Gasteiger charge is -2.16. The molecule has 82 heavy (non-hydrogen) atoms. The van der Waals surface area contributed by atoms with Gasteiger partial charge in [0.05, 0.1) is 61.0 Å². The van der Waals surface area contributed by atoms with E-state index in [2.05, 4.69) is 297 Å². The first-order chi connectivity index (χ1) is 40.7. The Morgan fingerprint density at radius 1 is 0.232 bits per heavy atom. The SMILES string of the molecule is c1ccc2c(c1)ccc1c(-c3ccc(-n4c5ccccc5c5cc(-n6c7ccccc7c7ccccc76)ccc54)cc3)nc(-c3ccc(-n4c5ccccc5c5cc(-n6c7ccccc7c7ccccc76)ccc54)c4ccccc34)nc12. The van der Waals surface area contributed by atoms with E-state index in [0.717, 1.165) is 94.1 Å². The Labute approximate surface area is 469 Å². The average molecular weight is 1040 g/mol. The number of aromatic nitrogens is 6. The second kappa shape index (κ2) is 17.2. The van der Waals surface area contributed by atoms with Crippen LogP contribution in [0, 0.1) is 0 Å². The van der Waals surface area contributed by atoms with Gasteiger partial charge < -0.3 is 18.3 Å². The van der Waals surface area contributed by atoms with Crippen molar-refractivity contribution >= 4 is 120 Å². The van der Waals surface area contributed by atoms with Gasteiger partial charge in [-0.25, -0.2) is 9.97 Å². The molecule has 0 saturated carbocycles. The van der Waals surface area contributed by atoms with Crippen molar-refractivity contribution in [1.29, 1.82) is 0 Å². The molecule has 0 N–H and O–H groups in total. The summed E-state index contributed by atoms with van der Waals surface area (Å²) in [6.07, 6.45) is 0. The predicted molar refractivity (Wildman–Crippen MR) is 343 cm³/mol. The summed E-state index contributed by atoms with van der Waals surface area (Å²) >= 11 is 0. The van der Waals surface area contributed by atoms with Crippen LogP contribution in [0.1, 0.15) is 0 Å². The molecule has 5 heterocycles. The minimum atomic E-state index is 0.685. The summed E-state index contributed by atoms with van der Waals surface area (Å²) in [5, 5.41) is 15.3. The van der Waals surface area contributed by atoms with Crippen LogP contribution >= 0.6 is 0 Å². The van der Waals surface area contributed by atoms with E-state index in [1.165, 1.54) is 65.2 Å². The Morgan fingerprint density at radius 3 is 1.15 bits per heavy atom. The average Bonchev–Trinajstić information content (AvgIpc) is 4.16. The van der Waals surface area contributed by atoms with Crippen LogP contribution in [0.15, 0.2) is 279 Å². The molecule has 0 fully saturated rings. The van der Waals surface area contributed by atoms with Gasteiger partial charge in [-0.1, -0.05) is 176 Å². The van der Waals surface area contributed by atoms with Crippen molar-refractivity contribution in [3.63, 3.8) is 0 Å². The van der Waals surface area contributed by atoms with Gasteiger partial charge in [0, 0.05) is 87.4 Å². The standard InChI is InChI=1S/C76H46N6/c1-2-18-52-47(17-1)35-40-62-74(48-33-36-49(37-34-48)79-69-31-15-9-25-59(69)63-45-50(38-42-72(63)79)80-65-27-11-5-21-55(65)56-22-6-12-28-66(56)80)77-76(78-75(52)62)61-41-44-71(54-20-4-3-19-53(54)61)82-70-32-16-10-26-60(70)64-46-51(39-43-73(64)82)81-67-29-13-7-23-57(67)58-24-8-14-30-68(58)81/h1-46H. The van der Waals surface area contributed by atoms with Crippen molar-refractivity contribution in [2.24, 2.45) is 0 Å². The highest BCUT2D eigenvalue weighted by atomic mass is 15.0. The van der Waals surface area contributed by atoms with Crippen LogP contribution in [0.2, 0.25) is 0 Å². The topological polar surface area (TPSA) is 45.5 Å². The summed E-state index contributed by atoms with van der Waals surface area (Å²) < 4.78 is 9.65. The van der Waals surface area contributed by atoms with Crippen LogP contribution in [-0.2, 0) is 0 Å².